The Morgan fingerprint density at radius 1 is 1.56 bits per heavy atom. The number of hydrogen-bond donors (Lipinski definition) is 2. The van der Waals surface area contributed by atoms with Gasteiger partial charge in [0.05, 0.1) is 0 Å². The average molecular weight is 221 g/mol. The summed E-state index contributed by atoms with van der Waals surface area (Å²) in [5, 5.41) is 17.9. The van der Waals surface area contributed by atoms with Crippen LogP contribution in [0.15, 0.2) is 29.3 Å². The van der Waals surface area contributed by atoms with Gasteiger partial charge in [-0.1, -0.05) is 12.1 Å². The highest BCUT2D eigenvalue weighted by Crippen LogP contribution is 2.25. The summed E-state index contributed by atoms with van der Waals surface area (Å²) in [5.74, 6) is -0.560. The molecule has 1 aliphatic rings. The van der Waals surface area contributed by atoms with E-state index in [4.69, 9.17) is 9.84 Å². The second kappa shape index (κ2) is 4.22. The molecule has 1 aromatic carbocycles. The molecule has 0 aromatic heterocycles. The van der Waals surface area contributed by atoms with Gasteiger partial charge in [-0.2, -0.15) is 0 Å². The zero-order valence-electron chi connectivity index (χ0n) is 8.46. The predicted molar refractivity (Wildman–Crippen MR) is 56.5 cm³/mol. The van der Waals surface area contributed by atoms with E-state index in [0.717, 1.165) is 5.56 Å². The van der Waals surface area contributed by atoms with Crippen LogP contribution in [-0.4, -0.2) is 28.7 Å². The summed E-state index contributed by atoms with van der Waals surface area (Å²) >= 11 is 0. The summed E-state index contributed by atoms with van der Waals surface area (Å²) < 4.78 is 5.16. The summed E-state index contributed by atoms with van der Waals surface area (Å²) in [6.07, 6.45) is -0.199. The van der Waals surface area contributed by atoms with Gasteiger partial charge < -0.3 is 14.9 Å². The van der Waals surface area contributed by atoms with E-state index in [2.05, 4.69) is 4.99 Å². The molecule has 16 heavy (non-hydrogen) atoms. The molecule has 0 fully saturated rings. The second-order valence-corrected chi connectivity index (χ2v) is 3.52. The predicted octanol–water partition coefficient (Wildman–Crippen LogP) is 1.34. The number of ether oxygens (including phenoxy) is 1. The Balaban J connectivity index is 2.13. The van der Waals surface area contributed by atoms with Crippen LogP contribution in [0, 0.1) is 0 Å². The molecule has 0 saturated heterocycles. The average Bonchev–Trinajstić information content (AvgIpc) is 2.65. The first-order valence-electron chi connectivity index (χ1n) is 4.85. The highest BCUT2D eigenvalue weighted by atomic mass is 16.5. The fourth-order valence-electron chi connectivity index (χ4n) is 1.55. The number of aliphatic carboxylic acids is 1. The van der Waals surface area contributed by atoms with Crippen LogP contribution in [0.5, 0.6) is 5.75 Å². The number of carbonyl (C=O) groups is 1. The molecule has 2 N–H and O–H groups in total. The number of aliphatic imine (C=N–C) groups is 1. The fraction of sp³-hybridized carbons (Fsp3) is 0.273. The Labute approximate surface area is 92.0 Å². The number of nitrogens with zero attached hydrogens (tertiary/aromatic N) is 1. The van der Waals surface area contributed by atoms with Gasteiger partial charge in [0.1, 0.15) is 24.8 Å². The first kappa shape index (κ1) is 10.5. The number of carboxylic acids is 1. The lowest BCUT2D eigenvalue weighted by Crippen LogP contribution is -2.06. The van der Waals surface area contributed by atoms with Crippen molar-refractivity contribution in [1.82, 2.24) is 0 Å². The van der Waals surface area contributed by atoms with Crippen molar-refractivity contribution in [2.24, 2.45) is 4.99 Å². The van der Waals surface area contributed by atoms with E-state index in [0.29, 0.717) is 6.61 Å². The number of hydrogen-bond acceptors (Lipinski definition) is 4. The van der Waals surface area contributed by atoms with Gasteiger partial charge in [0.15, 0.2) is 5.90 Å². The molecule has 5 nitrogen and oxygen atoms in total. The zero-order valence-corrected chi connectivity index (χ0v) is 8.46. The van der Waals surface area contributed by atoms with Crippen LogP contribution in [0.1, 0.15) is 18.0 Å². The maximum Gasteiger partial charge on any atom is 0.312 e. The normalized spacial score (nSPS) is 19.0. The molecular formula is C11H11NO4. The maximum atomic E-state index is 10.5. The summed E-state index contributed by atoms with van der Waals surface area (Å²) in [6, 6.07) is 6.49. The van der Waals surface area contributed by atoms with Gasteiger partial charge in [0.2, 0.25) is 0 Å². The summed E-state index contributed by atoms with van der Waals surface area (Å²) in [4.78, 5) is 14.6. The molecule has 5 heteroatoms. The van der Waals surface area contributed by atoms with Gasteiger partial charge >= 0.3 is 5.97 Å². The Bertz CT molecular complexity index is 441. The largest absolute Gasteiger partial charge is 0.508 e. The smallest absolute Gasteiger partial charge is 0.312 e. The van der Waals surface area contributed by atoms with E-state index >= 15 is 0 Å². The minimum Gasteiger partial charge on any atom is -0.508 e. The molecule has 0 bridgehead atoms. The van der Waals surface area contributed by atoms with Crippen LogP contribution in [0.4, 0.5) is 0 Å². The number of carboxylic acid groups (broad SMARTS) is 1. The lowest BCUT2D eigenvalue weighted by atomic mass is 10.1. The summed E-state index contributed by atoms with van der Waals surface area (Å²) in [5.41, 5.74) is 0.820. The van der Waals surface area contributed by atoms with Crippen molar-refractivity contribution in [2.45, 2.75) is 12.5 Å². The molecule has 0 amide bonds. The summed E-state index contributed by atoms with van der Waals surface area (Å²) in [6.45, 7) is 0.325. The van der Waals surface area contributed by atoms with Crippen LogP contribution in [-0.2, 0) is 9.53 Å². The Morgan fingerprint density at radius 3 is 3.06 bits per heavy atom. The first-order chi connectivity index (χ1) is 7.65. The minimum atomic E-state index is -0.963. The van der Waals surface area contributed by atoms with E-state index < -0.39 is 5.97 Å². The van der Waals surface area contributed by atoms with Crippen LogP contribution in [0.25, 0.3) is 0 Å². The van der Waals surface area contributed by atoms with Crippen LogP contribution in [0.2, 0.25) is 0 Å². The summed E-state index contributed by atoms with van der Waals surface area (Å²) in [7, 11) is 0. The SMILES string of the molecule is O=C(O)CC1=NC(c2cccc(O)c2)CO1. The highest BCUT2D eigenvalue weighted by molar-refractivity contribution is 5.94. The monoisotopic (exact) mass is 221 g/mol. The highest BCUT2D eigenvalue weighted by Gasteiger charge is 2.22. The Kier molecular flexibility index (Phi) is 2.76. The third-order valence-corrected chi connectivity index (χ3v) is 2.27. The molecule has 1 aromatic rings. The Morgan fingerprint density at radius 2 is 2.38 bits per heavy atom. The number of phenolic OH excluding ortho intramolecular Hbond substituents is 1. The van der Waals surface area contributed by atoms with Crippen molar-refractivity contribution in [1.29, 1.82) is 0 Å². The number of aromatic hydroxyl groups is 1. The van der Waals surface area contributed by atoms with Gasteiger partial charge in [-0.25, -0.2) is 4.99 Å². The molecule has 0 radical (unpaired) electrons. The van der Waals surface area contributed by atoms with E-state index in [1.54, 1.807) is 18.2 Å². The van der Waals surface area contributed by atoms with Crippen molar-refractivity contribution in [3.63, 3.8) is 0 Å². The van der Waals surface area contributed by atoms with Crippen molar-refractivity contribution in [3.8, 4) is 5.75 Å². The molecular weight excluding hydrogens is 210 g/mol. The molecule has 0 saturated carbocycles. The number of phenols is 1. The van der Waals surface area contributed by atoms with Crippen molar-refractivity contribution in [2.75, 3.05) is 6.61 Å². The van der Waals surface area contributed by atoms with Crippen LogP contribution in [0.3, 0.4) is 0 Å². The van der Waals surface area contributed by atoms with E-state index in [1.807, 2.05) is 6.07 Å². The fourth-order valence-corrected chi connectivity index (χ4v) is 1.55. The maximum absolute atomic E-state index is 10.5. The van der Waals surface area contributed by atoms with E-state index in [-0.39, 0.29) is 24.1 Å². The van der Waals surface area contributed by atoms with Crippen molar-refractivity contribution in [3.05, 3.63) is 29.8 Å². The van der Waals surface area contributed by atoms with E-state index in [9.17, 15) is 9.90 Å². The Hall–Kier alpha value is -2.04. The standard InChI is InChI=1S/C11H11NO4/c13-8-3-1-2-7(4-8)9-6-16-10(12-9)5-11(14)15/h1-4,9,13H,5-6H2,(H,14,15). The third kappa shape index (κ3) is 2.31. The molecule has 2 rings (SSSR count). The van der Waals surface area contributed by atoms with Crippen LogP contribution < -0.4 is 0 Å². The lowest BCUT2D eigenvalue weighted by Gasteiger charge is -2.04. The quantitative estimate of drug-likeness (QED) is 0.807. The molecule has 1 atom stereocenters. The molecule has 0 spiro atoms. The molecule has 1 heterocycles. The second-order valence-electron chi connectivity index (χ2n) is 3.52. The van der Waals surface area contributed by atoms with Gasteiger partial charge in [0.25, 0.3) is 0 Å². The molecule has 1 unspecified atom stereocenters. The zero-order chi connectivity index (χ0) is 11.5. The topological polar surface area (TPSA) is 79.1 Å². The van der Waals surface area contributed by atoms with Gasteiger partial charge in [-0.3, -0.25) is 4.79 Å². The first-order valence-corrected chi connectivity index (χ1v) is 4.85. The number of rotatable bonds is 3. The van der Waals surface area contributed by atoms with Gasteiger partial charge in [-0.15, -0.1) is 0 Å². The van der Waals surface area contributed by atoms with Crippen molar-refractivity contribution >= 4 is 11.9 Å². The van der Waals surface area contributed by atoms with E-state index in [1.165, 1.54) is 0 Å². The molecule has 0 aliphatic carbocycles. The van der Waals surface area contributed by atoms with Crippen molar-refractivity contribution < 1.29 is 19.7 Å². The number of benzene rings is 1. The molecule has 1 aliphatic heterocycles. The van der Waals surface area contributed by atoms with Crippen LogP contribution >= 0.6 is 0 Å². The lowest BCUT2D eigenvalue weighted by molar-refractivity contribution is -0.135. The van der Waals surface area contributed by atoms with Gasteiger partial charge in [0, 0.05) is 0 Å². The minimum absolute atomic E-state index is 0.166. The van der Waals surface area contributed by atoms with Gasteiger partial charge in [-0.05, 0) is 17.7 Å². The molecule has 84 valence electrons. The third-order valence-electron chi connectivity index (χ3n) is 2.27.